The zero-order valence-electron chi connectivity index (χ0n) is 24.7. The van der Waals surface area contributed by atoms with Crippen LogP contribution in [-0.2, 0) is 10.8 Å². The Bertz CT molecular complexity index is 1400. The maximum atomic E-state index is 13.0. The summed E-state index contributed by atoms with van der Waals surface area (Å²) >= 11 is 0. The summed E-state index contributed by atoms with van der Waals surface area (Å²) in [4.78, 5) is 13.0. The molecular formula is C36H43N3O. The van der Waals surface area contributed by atoms with Crippen molar-refractivity contribution in [3.05, 3.63) is 113 Å². The van der Waals surface area contributed by atoms with Gasteiger partial charge in [0, 0.05) is 29.9 Å². The van der Waals surface area contributed by atoms with E-state index >= 15 is 0 Å². The summed E-state index contributed by atoms with van der Waals surface area (Å²) in [6.07, 6.45) is 0.857. The van der Waals surface area contributed by atoms with Crippen LogP contribution in [0.1, 0.15) is 76.1 Å². The minimum absolute atomic E-state index is 0.0465. The highest BCUT2D eigenvalue weighted by atomic mass is 16.2. The molecule has 1 fully saturated rings. The van der Waals surface area contributed by atoms with Crippen molar-refractivity contribution < 1.29 is 4.79 Å². The van der Waals surface area contributed by atoms with Gasteiger partial charge in [0.05, 0.1) is 5.69 Å². The Kier molecular flexibility index (Phi) is 7.74. The highest BCUT2D eigenvalue weighted by Gasteiger charge is 2.33. The van der Waals surface area contributed by atoms with E-state index in [2.05, 4.69) is 118 Å². The van der Waals surface area contributed by atoms with Gasteiger partial charge in [0.1, 0.15) is 0 Å². The van der Waals surface area contributed by atoms with Crippen molar-refractivity contribution in [1.82, 2.24) is 10.6 Å². The first-order chi connectivity index (χ1) is 19.0. The summed E-state index contributed by atoms with van der Waals surface area (Å²) in [7, 11) is 0. The summed E-state index contributed by atoms with van der Waals surface area (Å²) in [5, 5.41) is 12.2. The van der Waals surface area contributed by atoms with E-state index in [-0.39, 0.29) is 34.9 Å². The van der Waals surface area contributed by atoms with Crippen molar-refractivity contribution in [1.29, 1.82) is 0 Å². The third kappa shape index (κ3) is 6.23. The van der Waals surface area contributed by atoms with Crippen molar-refractivity contribution in [3.8, 4) is 0 Å². The number of urea groups is 1. The van der Waals surface area contributed by atoms with E-state index in [1.165, 1.54) is 22.3 Å². The smallest absolute Gasteiger partial charge is 0.319 e. The lowest BCUT2D eigenvalue weighted by Crippen LogP contribution is -2.39. The van der Waals surface area contributed by atoms with E-state index < -0.39 is 0 Å². The average molecular weight is 534 g/mol. The van der Waals surface area contributed by atoms with Crippen LogP contribution in [0.25, 0.3) is 10.8 Å². The molecule has 0 spiro atoms. The molecular weight excluding hydrogens is 490 g/mol. The number of nitrogens with one attached hydrogen (secondary N) is 3. The Hall–Kier alpha value is -3.63. The van der Waals surface area contributed by atoms with Gasteiger partial charge in [0.25, 0.3) is 0 Å². The van der Waals surface area contributed by atoms with Crippen molar-refractivity contribution in [3.63, 3.8) is 0 Å². The Labute approximate surface area is 239 Å². The first kappa shape index (κ1) is 27.9. The summed E-state index contributed by atoms with van der Waals surface area (Å²) in [5.74, 6) is 0.191. The molecule has 0 bridgehead atoms. The van der Waals surface area contributed by atoms with E-state index in [1.807, 2.05) is 30.3 Å². The number of rotatable bonds is 5. The molecule has 1 aliphatic heterocycles. The molecule has 0 aliphatic carbocycles. The van der Waals surface area contributed by atoms with Gasteiger partial charge in [0.2, 0.25) is 0 Å². The largest absolute Gasteiger partial charge is 0.334 e. The lowest BCUT2D eigenvalue weighted by atomic mass is 9.80. The Balaban J connectivity index is 1.34. The van der Waals surface area contributed by atoms with Gasteiger partial charge >= 0.3 is 6.03 Å². The van der Waals surface area contributed by atoms with Crippen molar-refractivity contribution >= 4 is 22.5 Å². The second kappa shape index (κ2) is 11.1. The maximum Gasteiger partial charge on any atom is 0.319 e. The Morgan fingerprint density at radius 3 is 1.88 bits per heavy atom. The number of anilines is 1. The van der Waals surface area contributed by atoms with Crippen LogP contribution in [0, 0.1) is 0 Å². The van der Waals surface area contributed by atoms with Crippen LogP contribution < -0.4 is 16.0 Å². The van der Waals surface area contributed by atoms with Crippen molar-refractivity contribution in [2.75, 3.05) is 11.9 Å². The second-order valence-electron chi connectivity index (χ2n) is 13.3. The van der Waals surface area contributed by atoms with Gasteiger partial charge in [-0.25, -0.2) is 4.79 Å². The summed E-state index contributed by atoms with van der Waals surface area (Å²) < 4.78 is 0. The average Bonchev–Trinajstić information content (AvgIpc) is 3.36. The first-order valence-electron chi connectivity index (χ1n) is 14.5. The van der Waals surface area contributed by atoms with E-state index in [0.29, 0.717) is 0 Å². The van der Waals surface area contributed by atoms with Gasteiger partial charge in [-0.1, -0.05) is 126 Å². The quantitative estimate of drug-likeness (QED) is 0.243. The zero-order valence-corrected chi connectivity index (χ0v) is 24.7. The molecule has 2 amide bonds. The molecule has 0 radical (unpaired) electrons. The highest BCUT2D eigenvalue weighted by molar-refractivity contribution is 6.01. The lowest BCUT2D eigenvalue weighted by Gasteiger charge is -2.27. The van der Waals surface area contributed by atoms with Crippen LogP contribution in [0.2, 0.25) is 0 Å². The molecule has 1 aliphatic rings. The van der Waals surface area contributed by atoms with Gasteiger partial charge in [-0.05, 0) is 51.0 Å². The Morgan fingerprint density at radius 1 is 0.750 bits per heavy atom. The number of carbonyl (C=O) groups excluding carboxylic acids is 1. The van der Waals surface area contributed by atoms with Crippen molar-refractivity contribution in [2.24, 2.45) is 0 Å². The maximum absolute atomic E-state index is 13.0. The fourth-order valence-corrected chi connectivity index (χ4v) is 5.85. The third-order valence-electron chi connectivity index (χ3n) is 8.21. The molecule has 208 valence electrons. The van der Waals surface area contributed by atoms with Crippen LogP contribution in [-0.4, -0.2) is 24.7 Å². The molecule has 5 rings (SSSR count). The molecule has 2 atom stereocenters. The SMILES string of the molecule is CC(C)(C)c1ccc(C(c2ccc(C(C)(C)C)cc2)[C@H]2C[C@@H](NC(=O)Nc3cccc4ccccc34)CN2)cc1. The number of hydrogen-bond acceptors (Lipinski definition) is 2. The van der Waals surface area contributed by atoms with Gasteiger partial charge < -0.3 is 16.0 Å². The van der Waals surface area contributed by atoms with Crippen LogP contribution in [0.5, 0.6) is 0 Å². The monoisotopic (exact) mass is 533 g/mol. The fraction of sp³-hybridized carbons (Fsp3) is 0.361. The molecule has 4 heteroatoms. The molecule has 4 nitrogen and oxygen atoms in total. The minimum Gasteiger partial charge on any atom is -0.334 e. The van der Waals surface area contributed by atoms with E-state index in [0.717, 1.165) is 29.4 Å². The molecule has 40 heavy (non-hydrogen) atoms. The van der Waals surface area contributed by atoms with Gasteiger partial charge in [-0.15, -0.1) is 0 Å². The van der Waals surface area contributed by atoms with E-state index in [1.54, 1.807) is 0 Å². The molecule has 1 heterocycles. The molecule has 0 unspecified atom stereocenters. The van der Waals surface area contributed by atoms with Crippen LogP contribution in [0.3, 0.4) is 0 Å². The fourth-order valence-electron chi connectivity index (χ4n) is 5.85. The number of benzene rings is 4. The highest BCUT2D eigenvalue weighted by Crippen LogP contribution is 2.35. The summed E-state index contributed by atoms with van der Waals surface area (Å²) in [5.41, 5.74) is 6.32. The summed E-state index contributed by atoms with van der Waals surface area (Å²) in [6, 6.07) is 32.5. The van der Waals surface area contributed by atoms with Gasteiger partial charge in [-0.3, -0.25) is 0 Å². The van der Waals surface area contributed by atoms with E-state index in [9.17, 15) is 4.79 Å². The molecule has 0 saturated carbocycles. The standard InChI is InChI=1S/C36H43N3O/c1-35(2,3)27-18-14-25(15-19-27)33(26-16-20-28(21-17-26)36(4,5)6)32-22-29(23-37-32)38-34(40)39-31-13-9-11-24-10-7-8-12-30(24)31/h7-21,29,32-33,37H,22-23H2,1-6H3,(H2,38,39,40)/t29-,32-/m1/s1. The number of hydrogen-bond donors (Lipinski definition) is 3. The number of amides is 2. The van der Waals surface area contributed by atoms with Crippen LogP contribution >= 0.6 is 0 Å². The minimum atomic E-state index is -0.163. The third-order valence-corrected chi connectivity index (χ3v) is 8.21. The first-order valence-corrected chi connectivity index (χ1v) is 14.5. The predicted octanol–water partition coefficient (Wildman–Crippen LogP) is 8.12. The van der Waals surface area contributed by atoms with Gasteiger partial charge in [-0.2, -0.15) is 0 Å². The summed E-state index contributed by atoms with van der Waals surface area (Å²) in [6.45, 7) is 14.3. The Morgan fingerprint density at radius 2 is 1.30 bits per heavy atom. The predicted molar refractivity (Wildman–Crippen MR) is 168 cm³/mol. The number of carbonyl (C=O) groups is 1. The molecule has 3 N–H and O–H groups in total. The second-order valence-corrected chi connectivity index (χ2v) is 13.3. The molecule has 4 aromatic carbocycles. The van der Waals surface area contributed by atoms with Gasteiger partial charge in [0.15, 0.2) is 0 Å². The normalized spacial score (nSPS) is 17.8. The van der Waals surface area contributed by atoms with E-state index in [4.69, 9.17) is 0 Å². The van der Waals surface area contributed by atoms with Crippen LogP contribution in [0.15, 0.2) is 91.0 Å². The molecule has 4 aromatic rings. The topological polar surface area (TPSA) is 53.2 Å². The molecule has 1 saturated heterocycles. The lowest BCUT2D eigenvalue weighted by molar-refractivity contribution is 0.249. The van der Waals surface area contributed by atoms with Crippen molar-refractivity contribution in [2.45, 2.75) is 76.8 Å². The zero-order chi connectivity index (χ0) is 28.5. The van der Waals surface area contributed by atoms with Crippen LogP contribution in [0.4, 0.5) is 10.5 Å². The number of fused-ring (bicyclic) bond motifs is 1. The molecule has 0 aromatic heterocycles.